The molecule has 0 aromatic carbocycles. The molecule has 2 aromatic heterocycles. The maximum atomic E-state index is 10.0. The molecule has 0 unspecified atom stereocenters. The van der Waals surface area contributed by atoms with Crippen molar-refractivity contribution in [3.8, 4) is 0 Å². The third kappa shape index (κ3) is 4.19. The number of nitrogens with one attached hydrogen (secondary N) is 1. The lowest BCUT2D eigenvalue weighted by molar-refractivity contribution is -0.377. The van der Waals surface area contributed by atoms with Crippen molar-refractivity contribution >= 4 is 11.7 Å². The molecule has 0 aliphatic carbocycles. The molecule has 0 saturated heterocycles. The fraction of sp³-hybridized carbons (Fsp3) is 0. The van der Waals surface area contributed by atoms with E-state index in [2.05, 4.69) is 9.97 Å². The fourth-order valence-electron chi connectivity index (χ4n) is 0.883. The van der Waals surface area contributed by atoms with Crippen LogP contribution in [-0.2, 0) is 0 Å². The first-order valence-corrected chi connectivity index (χ1v) is 4.53. The van der Waals surface area contributed by atoms with E-state index in [-0.39, 0.29) is 5.56 Å². The molecule has 0 fully saturated rings. The van der Waals surface area contributed by atoms with Gasteiger partial charge < -0.3 is 15.6 Å². The zero-order valence-electron chi connectivity index (χ0n) is 8.46. The van der Waals surface area contributed by atoms with Gasteiger partial charge in [-0.3, -0.25) is 4.98 Å². The Morgan fingerprint density at radius 2 is 2.00 bits per heavy atom. The molecule has 5 heteroatoms. The van der Waals surface area contributed by atoms with E-state index in [1.807, 2.05) is 0 Å². The molecule has 0 bridgehead atoms. The summed E-state index contributed by atoms with van der Waals surface area (Å²) in [5.74, 6) is -1.19. The lowest BCUT2D eigenvalue weighted by Crippen LogP contribution is -2.22. The number of carboxylic acids is 1. The van der Waals surface area contributed by atoms with Gasteiger partial charge in [-0.25, -0.2) is 4.98 Å². The predicted octanol–water partition coefficient (Wildman–Crippen LogP) is -0.472. The second-order valence-electron chi connectivity index (χ2n) is 2.86. The molecule has 2 rings (SSSR count). The van der Waals surface area contributed by atoms with Crippen LogP contribution in [0.5, 0.6) is 0 Å². The van der Waals surface area contributed by atoms with E-state index in [0.29, 0.717) is 0 Å². The fourth-order valence-corrected chi connectivity index (χ4v) is 0.883. The number of aromatic nitrogens is 2. The number of aromatic carboxylic acids is 1. The number of nitrogens with zero attached hydrogens (tertiary/aromatic N) is 1. The maximum Gasteiger partial charge on any atom is 0.169 e. The summed E-state index contributed by atoms with van der Waals surface area (Å²) in [5.41, 5.74) is 6.24. The number of nitrogen functional groups attached to an aromatic ring is 1. The third-order valence-corrected chi connectivity index (χ3v) is 1.64. The van der Waals surface area contributed by atoms with Crippen molar-refractivity contribution in [1.82, 2.24) is 4.98 Å². The minimum absolute atomic E-state index is 0.109. The Kier molecular flexibility index (Phi) is 4.46. The van der Waals surface area contributed by atoms with Crippen LogP contribution in [0, 0.1) is 0 Å². The molecule has 82 valence electrons. The Morgan fingerprint density at radius 3 is 2.31 bits per heavy atom. The quantitative estimate of drug-likeness (QED) is 0.698. The van der Waals surface area contributed by atoms with Gasteiger partial charge in [0.15, 0.2) is 12.4 Å². The van der Waals surface area contributed by atoms with E-state index in [4.69, 9.17) is 5.73 Å². The molecular formula is C11H11N3O2. The number of anilines is 1. The number of rotatable bonds is 1. The molecular weight excluding hydrogens is 206 g/mol. The lowest BCUT2D eigenvalue weighted by atomic mass is 10.3. The second-order valence-corrected chi connectivity index (χ2v) is 2.86. The van der Waals surface area contributed by atoms with Gasteiger partial charge in [-0.15, -0.1) is 0 Å². The highest BCUT2D eigenvalue weighted by atomic mass is 16.4. The van der Waals surface area contributed by atoms with E-state index in [1.54, 1.807) is 30.6 Å². The van der Waals surface area contributed by atoms with Gasteiger partial charge in [0.25, 0.3) is 0 Å². The van der Waals surface area contributed by atoms with Crippen molar-refractivity contribution < 1.29 is 14.9 Å². The molecule has 0 aliphatic heterocycles. The van der Waals surface area contributed by atoms with Crippen LogP contribution in [-0.4, -0.2) is 11.0 Å². The van der Waals surface area contributed by atoms with Crippen LogP contribution >= 0.6 is 0 Å². The zero-order valence-corrected chi connectivity index (χ0v) is 8.46. The molecule has 0 amide bonds. The van der Waals surface area contributed by atoms with E-state index in [0.717, 1.165) is 5.69 Å². The number of hydrogen-bond donors (Lipinski definition) is 1. The summed E-state index contributed by atoms with van der Waals surface area (Å²) in [6, 6.07) is 6.59. The minimum Gasteiger partial charge on any atom is -0.545 e. The Balaban J connectivity index is 0.000000165. The Morgan fingerprint density at radius 1 is 1.31 bits per heavy atom. The third-order valence-electron chi connectivity index (χ3n) is 1.64. The Bertz CT molecular complexity index is 431. The molecule has 2 aromatic rings. The number of carbonyl (C=O) groups is 1. The highest BCUT2D eigenvalue weighted by molar-refractivity contribution is 5.85. The number of H-pyrrole nitrogens is 1. The number of carboxylic acid groups (broad SMARTS) is 1. The molecule has 0 spiro atoms. The molecule has 2 heterocycles. The first-order chi connectivity index (χ1) is 7.70. The van der Waals surface area contributed by atoms with Gasteiger partial charge in [0.1, 0.15) is 0 Å². The highest BCUT2D eigenvalue weighted by Crippen LogP contribution is 1.91. The zero-order chi connectivity index (χ0) is 11.8. The number of carbonyl (C=O) groups excluding carboxylic acids is 1. The lowest BCUT2D eigenvalue weighted by Gasteiger charge is -1.97. The highest BCUT2D eigenvalue weighted by Gasteiger charge is 1.87. The van der Waals surface area contributed by atoms with Crippen LogP contribution < -0.4 is 15.8 Å². The average molecular weight is 217 g/mol. The van der Waals surface area contributed by atoms with Crippen LogP contribution in [0.2, 0.25) is 0 Å². The smallest absolute Gasteiger partial charge is 0.169 e. The number of aromatic amines is 1. The van der Waals surface area contributed by atoms with E-state index in [9.17, 15) is 9.90 Å². The van der Waals surface area contributed by atoms with Gasteiger partial charge in [-0.1, -0.05) is 6.07 Å². The number of hydrogen-bond acceptors (Lipinski definition) is 4. The monoisotopic (exact) mass is 217 g/mol. The minimum atomic E-state index is -1.19. The van der Waals surface area contributed by atoms with Crippen molar-refractivity contribution in [2.45, 2.75) is 0 Å². The van der Waals surface area contributed by atoms with Crippen molar-refractivity contribution in [2.75, 3.05) is 5.73 Å². The van der Waals surface area contributed by atoms with Crippen LogP contribution in [0.25, 0.3) is 0 Å². The molecule has 0 saturated carbocycles. The average Bonchev–Trinajstić information content (AvgIpc) is 2.32. The maximum absolute atomic E-state index is 10.0. The standard InChI is InChI=1S/C6H5NO2.C5H6N2/c8-6(9)5-2-1-3-7-4-5;6-5-1-3-7-4-2-5/h1-4H,(H,8,9);1-4H,(H2,6,7). The summed E-state index contributed by atoms with van der Waals surface area (Å²) in [6.07, 6.45) is 6.33. The first kappa shape index (κ1) is 11.6. The van der Waals surface area contributed by atoms with Crippen LogP contribution in [0.3, 0.4) is 0 Å². The largest absolute Gasteiger partial charge is 0.545 e. The summed E-state index contributed by atoms with van der Waals surface area (Å²) in [7, 11) is 0. The molecule has 0 aliphatic rings. The van der Waals surface area contributed by atoms with Crippen molar-refractivity contribution in [3.63, 3.8) is 0 Å². The summed E-state index contributed by atoms with van der Waals surface area (Å²) in [4.78, 5) is 16.5. The molecule has 5 nitrogen and oxygen atoms in total. The SMILES string of the molecule is Nc1cc[nH+]cc1.O=C([O-])c1cccnc1. The Labute approximate surface area is 92.6 Å². The topological polar surface area (TPSA) is 93.2 Å². The molecule has 0 radical (unpaired) electrons. The normalized spacial score (nSPS) is 8.75. The van der Waals surface area contributed by atoms with Crippen molar-refractivity contribution in [3.05, 3.63) is 54.6 Å². The second kappa shape index (κ2) is 6.13. The summed E-state index contributed by atoms with van der Waals surface area (Å²) in [5, 5.41) is 10.0. The van der Waals surface area contributed by atoms with Crippen LogP contribution in [0.4, 0.5) is 5.69 Å². The van der Waals surface area contributed by atoms with Crippen LogP contribution in [0.15, 0.2) is 49.1 Å². The van der Waals surface area contributed by atoms with Crippen molar-refractivity contribution in [1.29, 1.82) is 0 Å². The van der Waals surface area contributed by atoms with Gasteiger partial charge in [0.2, 0.25) is 0 Å². The molecule has 16 heavy (non-hydrogen) atoms. The summed E-state index contributed by atoms with van der Waals surface area (Å²) >= 11 is 0. The van der Waals surface area contributed by atoms with Crippen LogP contribution in [0.1, 0.15) is 10.4 Å². The van der Waals surface area contributed by atoms with E-state index < -0.39 is 5.97 Å². The van der Waals surface area contributed by atoms with Gasteiger partial charge in [0, 0.05) is 35.8 Å². The van der Waals surface area contributed by atoms with Gasteiger partial charge in [0.05, 0.1) is 5.97 Å². The van der Waals surface area contributed by atoms with E-state index >= 15 is 0 Å². The number of nitrogens with two attached hydrogens (primary N) is 1. The first-order valence-electron chi connectivity index (χ1n) is 4.53. The van der Waals surface area contributed by atoms with Gasteiger partial charge in [-0.2, -0.15) is 0 Å². The summed E-state index contributed by atoms with van der Waals surface area (Å²) < 4.78 is 0. The Hall–Kier alpha value is -2.43. The van der Waals surface area contributed by atoms with Gasteiger partial charge in [-0.05, 0) is 6.07 Å². The molecule has 3 N–H and O–H groups in total. The van der Waals surface area contributed by atoms with Crippen molar-refractivity contribution in [2.24, 2.45) is 0 Å². The predicted molar refractivity (Wildman–Crippen MR) is 56.0 cm³/mol. The summed E-state index contributed by atoms with van der Waals surface area (Å²) in [6.45, 7) is 0. The number of pyridine rings is 2. The van der Waals surface area contributed by atoms with E-state index in [1.165, 1.54) is 18.5 Å². The molecule has 0 atom stereocenters. The van der Waals surface area contributed by atoms with Gasteiger partial charge >= 0.3 is 0 Å².